The molecular formula is C12H12FN3O2S. The highest BCUT2D eigenvalue weighted by Gasteiger charge is 2.23. The molecule has 7 heteroatoms. The van der Waals surface area contributed by atoms with Gasteiger partial charge in [0.05, 0.1) is 0 Å². The Morgan fingerprint density at radius 2 is 1.89 bits per heavy atom. The van der Waals surface area contributed by atoms with Gasteiger partial charge in [-0.3, -0.25) is 4.98 Å². The normalized spacial score (nSPS) is 13.2. The van der Waals surface area contributed by atoms with E-state index in [-0.39, 0.29) is 0 Å². The largest absolute Gasteiger partial charge is 0.265 e. The lowest BCUT2D eigenvalue weighted by Crippen LogP contribution is -2.28. The molecule has 0 radical (unpaired) electrons. The van der Waals surface area contributed by atoms with Crippen LogP contribution in [0.15, 0.2) is 47.9 Å². The second kappa shape index (κ2) is 5.41. The van der Waals surface area contributed by atoms with E-state index >= 15 is 0 Å². The summed E-state index contributed by atoms with van der Waals surface area (Å²) in [5.74, 6) is -0.878. The molecule has 0 fully saturated rings. The Hall–Kier alpha value is -1.86. The van der Waals surface area contributed by atoms with E-state index < -0.39 is 26.9 Å². The average Bonchev–Trinajstić information content (AvgIpc) is 2.39. The van der Waals surface area contributed by atoms with Crippen LogP contribution in [0.5, 0.6) is 0 Å². The molecule has 0 saturated heterocycles. The van der Waals surface area contributed by atoms with Crippen LogP contribution in [0.4, 0.5) is 4.39 Å². The van der Waals surface area contributed by atoms with Crippen LogP contribution >= 0.6 is 0 Å². The van der Waals surface area contributed by atoms with Crippen LogP contribution in [0.1, 0.15) is 18.5 Å². The standard InChI is InChI=1S/C12H12FN3O2S/c1-9(10-4-7-14-8-5-10)16-19(17,18)12-11(13)3-2-6-15-12/h2-9,16H,1H3. The van der Waals surface area contributed by atoms with Crippen LogP contribution in [-0.4, -0.2) is 18.4 Å². The zero-order valence-corrected chi connectivity index (χ0v) is 10.9. The van der Waals surface area contributed by atoms with Crippen molar-refractivity contribution in [2.24, 2.45) is 0 Å². The molecule has 0 aliphatic heterocycles. The first-order valence-corrected chi connectivity index (χ1v) is 7.02. The summed E-state index contributed by atoms with van der Waals surface area (Å²) in [5, 5.41) is -0.601. The number of aromatic nitrogens is 2. The molecule has 1 unspecified atom stereocenters. The molecule has 2 aromatic heterocycles. The molecule has 0 bridgehead atoms. The summed E-state index contributed by atoms with van der Waals surface area (Å²) in [6.45, 7) is 1.66. The number of sulfonamides is 1. The van der Waals surface area contributed by atoms with E-state index in [1.807, 2.05) is 0 Å². The van der Waals surface area contributed by atoms with Gasteiger partial charge in [0.2, 0.25) is 5.03 Å². The van der Waals surface area contributed by atoms with E-state index in [1.54, 1.807) is 31.5 Å². The fraction of sp³-hybridized carbons (Fsp3) is 0.167. The summed E-state index contributed by atoms with van der Waals surface area (Å²) in [6, 6.07) is 5.25. The summed E-state index contributed by atoms with van der Waals surface area (Å²) in [4.78, 5) is 7.41. The summed E-state index contributed by atoms with van der Waals surface area (Å²) >= 11 is 0. The topological polar surface area (TPSA) is 72.0 Å². The number of nitrogens with zero attached hydrogens (tertiary/aromatic N) is 2. The number of rotatable bonds is 4. The summed E-state index contributed by atoms with van der Waals surface area (Å²) in [5.41, 5.74) is 0.731. The van der Waals surface area contributed by atoms with E-state index in [9.17, 15) is 12.8 Å². The van der Waals surface area contributed by atoms with Crippen LogP contribution in [0.25, 0.3) is 0 Å². The van der Waals surface area contributed by atoms with E-state index in [2.05, 4.69) is 14.7 Å². The minimum absolute atomic E-state index is 0.505. The SMILES string of the molecule is CC(NS(=O)(=O)c1ncccc1F)c1ccncc1. The first-order valence-electron chi connectivity index (χ1n) is 5.53. The number of nitrogens with one attached hydrogen (secondary N) is 1. The zero-order valence-electron chi connectivity index (χ0n) is 10.1. The molecule has 0 aliphatic rings. The third-order valence-electron chi connectivity index (χ3n) is 2.52. The van der Waals surface area contributed by atoms with Crippen LogP contribution < -0.4 is 4.72 Å². The van der Waals surface area contributed by atoms with Crippen molar-refractivity contribution in [3.8, 4) is 0 Å². The predicted octanol–water partition coefficient (Wildman–Crippen LogP) is 1.66. The third kappa shape index (κ3) is 3.12. The lowest BCUT2D eigenvalue weighted by Gasteiger charge is -2.14. The smallest absolute Gasteiger partial charge is 0.261 e. The van der Waals surface area contributed by atoms with Crippen molar-refractivity contribution in [3.63, 3.8) is 0 Å². The van der Waals surface area contributed by atoms with Gasteiger partial charge in [0.15, 0.2) is 5.82 Å². The third-order valence-corrected chi connectivity index (χ3v) is 3.99. The number of halogens is 1. The maximum atomic E-state index is 13.4. The molecule has 0 aromatic carbocycles. The molecule has 0 amide bonds. The molecule has 0 spiro atoms. The van der Waals surface area contributed by atoms with Gasteiger partial charge in [-0.05, 0) is 36.8 Å². The minimum atomic E-state index is -3.99. The zero-order chi connectivity index (χ0) is 13.9. The molecule has 5 nitrogen and oxygen atoms in total. The molecule has 0 aliphatic carbocycles. The first kappa shape index (κ1) is 13.6. The van der Waals surface area contributed by atoms with Crippen molar-refractivity contribution in [1.29, 1.82) is 0 Å². The molecular weight excluding hydrogens is 269 g/mol. The van der Waals surface area contributed by atoms with E-state index in [4.69, 9.17) is 0 Å². The van der Waals surface area contributed by atoms with Crippen molar-refractivity contribution in [3.05, 3.63) is 54.2 Å². The Labute approximate surface area is 110 Å². The second-order valence-corrected chi connectivity index (χ2v) is 5.54. The Bertz CT molecular complexity index is 662. The highest BCUT2D eigenvalue weighted by atomic mass is 32.2. The van der Waals surface area contributed by atoms with Gasteiger partial charge in [-0.25, -0.2) is 22.5 Å². The molecule has 2 aromatic rings. The summed E-state index contributed by atoms with van der Waals surface area (Å²) < 4.78 is 39.8. The Morgan fingerprint density at radius 1 is 1.21 bits per heavy atom. The Morgan fingerprint density at radius 3 is 2.53 bits per heavy atom. The molecule has 2 heterocycles. The monoisotopic (exact) mass is 281 g/mol. The van der Waals surface area contributed by atoms with Crippen LogP contribution in [0.3, 0.4) is 0 Å². The van der Waals surface area contributed by atoms with Gasteiger partial charge >= 0.3 is 0 Å². The van der Waals surface area contributed by atoms with E-state index in [0.717, 1.165) is 11.6 Å². The number of pyridine rings is 2. The van der Waals surface area contributed by atoms with Gasteiger partial charge in [0.25, 0.3) is 10.0 Å². The highest BCUT2D eigenvalue weighted by molar-refractivity contribution is 7.89. The molecule has 1 atom stereocenters. The quantitative estimate of drug-likeness (QED) is 0.925. The van der Waals surface area contributed by atoms with Gasteiger partial charge in [0, 0.05) is 24.6 Å². The van der Waals surface area contributed by atoms with Crippen LogP contribution in [-0.2, 0) is 10.0 Å². The Kier molecular flexibility index (Phi) is 3.87. The van der Waals surface area contributed by atoms with Crippen LogP contribution in [0.2, 0.25) is 0 Å². The molecule has 19 heavy (non-hydrogen) atoms. The average molecular weight is 281 g/mol. The molecule has 0 saturated carbocycles. The van der Waals surface area contributed by atoms with Gasteiger partial charge in [-0.15, -0.1) is 0 Å². The van der Waals surface area contributed by atoms with Gasteiger partial charge in [-0.2, -0.15) is 0 Å². The second-order valence-electron chi connectivity index (χ2n) is 3.91. The van der Waals surface area contributed by atoms with Gasteiger partial charge in [-0.1, -0.05) is 0 Å². The number of hydrogen-bond donors (Lipinski definition) is 1. The van der Waals surface area contributed by atoms with Crippen molar-refractivity contribution < 1.29 is 12.8 Å². The predicted molar refractivity (Wildman–Crippen MR) is 67.2 cm³/mol. The first-order chi connectivity index (χ1) is 9.00. The summed E-state index contributed by atoms with van der Waals surface area (Å²) in [6.07, 6.45) is 4.34. The van der Waals surface area contributed by atoms with Crippen molar-refractivity contribution in [1.82, 2.24) is 14.7 Å². The molecule has 2 rings (SSSR count). The van der Waals surface area contributed by atoms with Crippen molar-refractivity contribution in [2.45, 2.75) is 18.0 Å². The van der Waals surface area contributed by atoms with Gasteiger partial charge < -0.3 is 0 Å². The lowest BCUT2D eigenvalue weighted by atomic mass is 10.1. The maximum Gasteiger partial charge on any atom is 0.261 e. The highest BCUT2D eigenvalue weighted by Crippen LogP contribution is 2.16. The number of hydrogen-bond acceptors (Lipinski definition) is 4. The fourth-order valence-electron chi connectivity index (χ4n) is 1.58. The lowest BCUT2D eigenvalue weighted by molar-refractivity contribution is 0.536. The van der Waals surface area contributed by atoms with E-state index in [0.29, 0.717) is 0 Å². The maximum absolute atomic E-state index is 13.4. The molecule has 1 N–H and O–H groups in total. The van der Waals surface area contributed by atoms with Crippen molar-refractivity contribution in [2.75, 3.05) is 0 Å². The van der Waals surface area contributed by atoms with Crippen molar-refractivity contribution >= 4 is 10.0 Å². The minimum Gasteiger partial charge on any atom is -0.265 e. The Balaban J connectivity index is 2.26. The molecule has 100 valence electrons. The van der Waals surface area contributed by atoms with Crippen LogP contribution in [0, 0.1) is 5.82 Å². The fourth-order valence-corrected chi connectivity index (χ4v) is 2.82. The summed E-state index contributed by atoms with van der Waals surface area (Å²) in [7, 11) is -3.99. The van der Waals surface area contributed by atoms with Gasteiger partial charge in [0.1, 0.15) is 0 Å². The van der Waals surface area contributed by atoms with E-state index in [1.165, 1.54) is 12.3 Å².